The van der Waals surface area contributed by atoms with E-state index in [0.717, 1.165) is 93.1 Å². The number of allylic oxidation sites excluding steroid dienone is 4. The summed E-state index contributed by atoms with van der Waals surface area (Å²) in [5.41, 5.74) is 12.5. The van der Waals surface area contributed by atoms with Gasteiger partial charge >= 0.3 is 0 Å². The van der Waals surface area contributed by atoms with Crippen LogP contribution in [0.4, 0.5) is 0 Å². The summed E-state index contributed by atoms with van der Waals surface area (Å²) in [6.07, 6.45) is 4.52. The SMILES string of the molecule is C/C=C(\C=C(/C)c1cc(-c2nc(-c3ccccc3)nc(-c3ccccc3)n2)c2sc3ccccc3c2c1)c1ccc2c3c4oc5ccccc5c4ccc3n(-c3ccccc3)c2c1. The molecule has 0 aliphatic rings. The van der Waals surface area contributed by atoms with Crippen molar-refractivity contribution in [2.75, 3.05) is 0 Å². The smallest absolute Gasteiger partial charge is 0.165 e. The molecule has 6 heteroatoms. The monoisotopic (exact) mass is 826 g/mol. The minimum atomic E-state index is 0.645. The third-order valence-electron chi connectivity index (χ3n) is 12.2. The van der Waals surface area contributed by atoms with Crippen LogP contribution >= 0.6 is 11.3 Å². The quantitative estimate of drug-likeness (QED) is 0.150. The normalized spacial score (nSPS) is 12.5. The Hall–Kier alpha value is -7.93. The second-order valence-corrected chi connectivity index (χ2v) is 17.0. The van der Waals surface area contributed by atoms with Crippen molar-refractivity contribution < 1.29 is 4.42 Å². The summed E-state index contributed by atoms with van der Waals surface area (Å²) in [4.78, 5) is 15.4. The van der Waals surface area contributed by atoms with Crippen molar-refractivity contribution in [3.05, 3.63) is 205 Å². The van der Waals surface area contributed by atoms with Crippen LogP contribution in [0, 0.1) is 0 Å². The van der Waals surface area contributed by atoms with E-state index in [1.807, 2.05) is 42.5 Å². The molecule has 5 nitrogen and oxygen atoms in total. The summed E-state index contributed by atoms with van der Waals surface area (Å²) in [7, 11) is 0. The van der Waals surface area contributed by atoms with Crippen LogP contribution in [0.5, 0.6) is 0 Å². The van der Waals surface area contributed by atoms with Crippen LogP contribution in [0.15, 0.2) is 199 Å². The van der Waals surface area contributed by atoms with Gasteiger partial charge in [0, 0.05) is 58.7 Å². The molecule has 0 N–H and O–H groups in total. The second kappa shape index (κ2) is 14.9. The number of rotatable bonds is 7. The lowest BCUT2D eigenvalue weighted by atomic mass is 9.96. The Morgan fingerprint density at radius 1 is 0.540 bits per heavy atom. The maximum Gasteiger partial charge on any atom is 0.165 e. The molecule has 0 amide bonds. The first-order valence-electron chi connectivity index (χ1n) is 21.2. The molecule has 12 aromatic rings. The number of hydrogen-bond donors (Lipinski definition) is 0. The highest BCUT2D eigenvalue weighted by molar-refractivity contribution is 7.26. The summed E-state index contributed by atoms with van der Waals surface area (Å²) in [5, 5.41) is 6.94. The molecule has 4 aromatic heterocycles. The first-order valence-corrected chi connectivity index (χ1v) is 22.0. The Morgan fingerprint density at radius 3 is 1.90 bits per heavy atom. The number of benzene rings is 8. The van der Waals surface area contributed by atoms with Crippen molar-refractivity contribution >= 4 is 86.4 Å². The predicted molar refractivity (Wildman–Crippen MR) is 264 cm³/mol. The van der Waals surface area contributed by atoms with Crippen molar-refractivity contribution in [3.8, 4) is 39.9 Å². The minimum absolute atomic E-state index is 0.645. The molecular weight excluding hydrogens is 789 g/mol. The summed E-state index contributed by atoms with van der Waals surface area (Å²) in [6.45, 7) is 4.33. The Kier molecular flexibility index (Phi) is 8.73. The molecule has 0 saturated heterocycles. The molecule has 0 aliphatic carbocycles. The molecule has 0 saturated carbocycles. The summed E-state index contributed by atoms with van der Waals surface area (Å²) < 4.78 is 11.4. The number of hydrogen-bond acceptors (Lipinski definition) is 5. The lowest BCUT2D eigenvalue weighted by molar-refractivity contribution is 0.673. The molecule has 298 valence electrons. The molecule has 0 atom stereocenters. The van der Waals surface area contributed by atoms with Gasteiger partial charge < -0.3 is 8.98 Å². The fraction of sp³-hybridized carbons (Fsp3) is 0.0351. The Morgan fingerprint density at radius 2 is 1.17 bits per heavy atom. The van der Waals surface area contributed by atoms with Gasteiger partial charge in [0.15, 0.2) is 17.5 Å². The largest absolute Gasteiger partial charge is 0.455 e. The van der Waals surface area contributed by atoms with Gasteiger partial charge in [-0.25, -0.2) is 15.0 Å². The molecule has 0 bridgehead atoms. The van der Waals surface area contributed by atoms with Gasteiger partial charge in [-0.05, 0) is 90.7 Å². The molecule has 0 spiro atoms. The zero-order chi connectivity index (χ0) is 42.0. The molecule has 4 heterocycles. The number of fused-ring (bicyclic) bond motifs is 10. The van der Waals surface area contributed by atoms with Gasteiger partial charge in [0.25, 0.3) is 0 Å². The van der Waals surface area contributed by atoms with Crippen LogP contribution in [-0.4, -0.2) is 19.5 Å². The van der Waals surface area contributed by atoms with E-state index in [1.165, 1.54) is 15.5 Å². The van der Waals surface area contributed by atoms with E-state index < -0.39 is 0 Å². The minimum Gasteiger partial charge on any atom is -0.455 e. The van der Waals surface area contributed by atoms with Crippen molar-refractivity contribution in [1.29, 1.82) is 0 Å². The van der Waals surface area contributed by atoms with Crippen LogP contribution in [0.25, 0.3) is 115 Å². The van der Waals surface area contributed by atoms with E-state index in [2.05, 4.69) is 170 Å². The van der Waals surface area contributed by atoms with Crippen LogP contribution in [0.2, 0.25) is 0 Å². The molecule has 8 aromatic carbocycles. The molecular formula is C57H38N4OS. The highest BCUT2D eigenvalue weighted by Crippen LogP contribution is 2.44. The molecule has 63 heavy (non-hydrogen) atoms. The summed E-state index contributed by atoms with van der Waals surface area (Å²) in [5.74, 6) is 1.94. The van der Waals surface area contributed by atoms with E-state index in [0.29, 0.717) is 17.5 Å². The van der Waals surface area contributed by atoms with Gasteiger partial charge in [0.2, 0.25) is 0 Å². The number of thiophene rings is 1. The molecule has 0 aliphatic heterocycles. The van der Waals surface area contributed by atoms with Crippen molar-refractivity contribution in [2.24, 2.45) is 0 Å². The first kappa shape index (κ1) is 36.9. The number of furan rings is 1. The van der Waals surface area contributed by atoms with Gasteiger partial charge in [-0.1, -0.05) is 140 Å². The van der Waals surface area contributed by atoms with E-state index in [9.17, 15) is 0 Å². The highest BCUT2D eigenvalue weighted by Gasteiger charge is 2.21. The molecule has 0 unspecified atom stereocenters. The topological polar surface area (TPSA) is 56.7 Å². The van der Waals surface area contributed by atoms with Crippen LogP contribution in [0.3, 0.4) is 0 Å². The van der Waals surface area contributed by atoms with E-state index in [-0.39, 0.29) is 0 Å². The van der Waals surface area contributed by atoms with E-state index >= 15 is 0 Å². The van der Waals surface area contributed by atoms with Crippen LogP contribution in [-0.2, 0) is 0 Å². The van der Waals surface area contributed by atoms with Gasteiger partial charge in [0.05, 0.1) is 16.4 Å². The van der Waals surface area contributed by atoms with Crippen LogP contribution in [0.1, 0.15) is 25.0 Å². The lowest BCUT2D eigenvalue weighted by Crippen LogP contribution is -2.00. The predicted octanol–water partition coefficient (Wildman–Crippen LogP) is 15.7. The highest BCUT2D eigenvalue weighted by atomic mass is 32.1. The Bertz CT molecular complexity index is 3740. The number of aromatic nitrogens is 4. The number of para-hydroxylation sites is 2. The molecule has 0 fully saturated rings. The maximum atomic E-state index is 6.63. The average molecular weight is 827 g/mol. The van der Waals surface area contributed by atoms with Crippen molar-refractivity contribution in [1.82, 2.24) is 19.5 Å². The average Bonchev–Trinajstić information content (AvgIpc) is 4.03. The number of nitrogens with zero attached hydrogens (tertiary/aromatic N) is 4. The molecule has 12 rings (SSSR count). The van der Waals surface area contributed by atoms with Crippen LogP contribution < -0.4 is 0 Å². The van der Waals surface area contributed by atoms with Gasteiger partial charge in [0.1, 0.15) is 11.2 Å². The summed E-state index contributed by atoms with van der Waals surface area (Å²) >= 11 is 1.79. The lowest BCUT2D eigenvalue weighted by Gasteiger charge is -2.12. The molecule has 0 radical (unpaired) electrons. The maximum absolute atomic E-state index is 6.63. The van der Waals surface area contributed by atoms with Crippen molar-refractivity contribution in [2.45, 2.75) is 13.8 Å². The fourth-order valence-corrected chi connectivity index (χ4v) is 10.3. The zero-order valence-electron chi connectivity index (χ0n) is 34.6. The Labute approximate surface area is 367 Å². The van der Waals surface area contributed by atoms with Crippen molar-refractivity contribution in [3.63, 3.8) is 0 Å². The third-order valence-corrected chi connectivity index (χ3v) is 13.4. The Balaban J connectivity index is 1.03. The van der Waals surface area contributed by atoms with Gasteiger partial charge in [-0.3, -0.25) is 0 Å². The first-order chi connectivity index (χ1) is 31.1. The van der Waals surface area contributed by atoms with E-state index in [1.54, 1.807) is 11.3 Å². The standard InChI is InChI=1S/C57H38N4OS/c1-3-36(39-27-28-45-49(34-39)61(41-21-11-6-12-22-41)48-30-29-44-42-23-13-15-25-50(42)62-53(44)52(45)48)31-35(2)40-32-46-43-24-14-16-26-51(43)63-54(46)47(33-40)57-59-55(37-17-7-4-8-18-37)58-56(60-57)38-19-9-5-10-20-38/h3-34H,1-2H3/b35-31+,36-3+. The fourth-order valence-electron chi connectivity index (χ4n) is 9.12. The zero-order valence-corrected chi connectivity index (χ0v) is 35.4. The summed E-state index contributed by atoms with van der Waals surface area (Å²) in [6, 6.07) is 63.8. The van der Waals surface area contributed by atoms with Gasteiger partial charge in [-0.2, -0.15) is 0 Å². The van der Waals surface area contributed by atoms with E-state index in [4.69, 9.17) is 19.4 Å². The second-order valence-electron chi connectivity index (χ2n) is 15.9. The third kappa shape index (κ3) is 6.18. The van der Waals surface area contributed by atoms with Gasteiger partial charge in [-0.15, -0.1) is 11.3 Å².